The molecule has 5 aromatic rings. The van der Waals surface area contributed by atoms with E-state index in [1.54, 1.807) is 0 Å². The van der Waals surface area contributed by atoms with Crippen LogP contribution < -0.4 is 0 Å². The Kier molecular flexibility index (Phi) is 7.62. The maximum absolute atomic E-state index is 15.2. The monoisotopic (exact) mass is 798 g/mol. The van der Waals surface area contributed by atoms with E-state index in [9.17, 15) is 26.3 Å². The molecule has 0 amide bonds. The number of nitrogens with zero attached hydrogens (tertiary/aromatic N) is 2. The molecule has 48 heavy (non-hydrogen) atoms. The van der Waals surface area contributed by atoms with Crippen LogP contribution in [0.15, 0.2) is 33.2 Å². The molecule has 242 valence electrons. The van der Waals surface area contributed by atoms with E-state index in [1.165, 1.54) is 48.6 Å². The van der Waals surface area contributed by atoms with E-state index in [0.29, 0.717) is 0 Å². The van der Waals surface area contributed by atoms with Crippen LogP contribution in [-0.2, 0) is 0 Å². The highest BCUT2D eigenvalue weighted by Crippen LogP contribution is 2.40. The minimum absolute atomic E-state index is 0.0475. The molecule has 2 aliphatic rings. The summed E-state index contributed by atoms with van der Waals surface area (Å²) in [7, 11) is 0. The molecule has 2 N–H and O–H groups in total. The molecule has 0 spiro atoms. The summed E-state index contributed by atoms with van der Waals surface area (Å²) >= 11 is 6.63. The third-order valence-electron chi connectivity index (χ3n) is 7.55. The van der Waals surface area contributed by atoms with Gasteiger partial charge in [0.2, 0.25) is 11.6 Å². The van der Waals surface area contributed by atoms with Crippen molar-refractivity contribution in [2.75, 3.05) is 0 Å². The molecule has 0 radical (unpaired) electrons. The number of benzene rings is 2. The Labute approximate surface area is 277 Å². The summed E-state index contributed by atoms with van der Waals surface area (Å²) in [4.78, 5) is 14.4. The van der Waals surface area contributed by atoms with Gasteiger partial charge in [-0.3, -0.25) is 0 Å². The van der Waals surface area contributed by atoms with Gasteiger partial charge in [-0.05, 0) is 80.4 Å². The van der Waals surface area contributed by atoms with Gasteiger partial charge in [0.15, 0.2) is 46.5 Å². The minimum Gasteiger partial charge on any atom is -0.354 e. The molecule has 7 rings (SSSR count). The lowest BCUT2D eigenvalue weighted by atomic mass is 10.00. The Morgan fingerprint density at radius 2 is 0.646 bits per heavy atom. The summed E-state index contributed by atoms with van der Waals surface area (Å²) in [5.74, 6) is -21.8. The number of aromatic nitrogens is 4. The Morgan fingerprint density at radius 1 is 0.354 bits per heavy atom. The zero-order chi connectivity index (χ0) is 34.3. The second-order valence-electron chi connectivity index (χ2n) is 10.3. The molecule has 0 atom stereocenters. The maximum Gasteiger partial charge on any atom is 0.200 e. The van der Waals surface area contributed by atoms with Crippen molar-refractivity contribution >= 4 is 78.2 Å². The number of rotatable bonds is 2. The highest BCUT2D eigenvalue weighted by Gasteiger charge is 2.31. The lowest BCUT2D eigenvalue weighted by Crippen LogP contribution is -2.05. The first-order chi connectivity index (χ1) is 22.8. The van der Waals surface area contributed by atoms with Crippen molar-refractivity contribution in [1.29, 1.82) is 0 Å². The first-order valence-electron chi connectivity index (χ1n) is 13.3. The first-order valence-corrected chi connectivity index (χ1v) is 14.9. The van der Waals surface area contributed by atoms with E-state index < -0.39 is 80.4 Å². The first kappa shape index (κ1) is 31.9. The second-order valence-corrected chi connectivity index (χ2v) is 11.9. The molecule has 4 nitrogen and oxygen atoms in total. The normalized spacial score (nSPS) is 12.4. The van der Waals surface area contributed by atoms with E-state index in [-0.39, 0.29) is 53.8 Å². The largest absolute Gasteiger partial charge is 0.354 e. The molecular weight excluding hydrogens is 790 g/mol. The Hall–Kier alpha value is -4.70. The molecular formula is C32H10Br2F10N4. The molecule has 16 heteroatoms. The molecule has 0 aliphatic carbocycles. The van der Waals surface area contributed by atoms with Crippen LogP contribution in [0.25, 0.3) is 68.6 Å². The number of halogens is 12. The van der Waals surface area contributed by atoms with Crippen LogP contribution in [0.4, 0.5) is 43.9 Å². The van der Waals surface area contributed by atoms with Crippen molar-refractivity contribution in [3.05, 3.63) is 114 Å². The van der Waals surface area contributed by atoms with Crippen LogP contribution in [0.5, 0.6) is 0 Å². The number of nitrogens with one attached hydrogen (secondary N) is 2. The van der Waals surface area contributed by atoms with Gasteiger partial charge in [0.25, 0.3) is 0 Å². The molecule has 3 aromatic heterocycles. The molecule has 0 unspecified atom stereocenters. The highest BCUT2D eigenvalue weighted by atomic mass is 79.9. The van der Waals surface area contributed by atoms with Gasteiger partial charge in [0.05, 0.1) is 53.9 Å². The average molecular weight is 800 g/mol. The van der Waals surface area contributed by atoms with Crippen LogP contribution in [0.2, 0.25) is 0 Å². The van der Waals surface area contributed by atoms with E-state index in [4.69, 9.17) is 0 Å². The fourth-order valence-electron chi connectivity index (χ4n) is 5.31. The minimum atomic E-state index is -2.35. The Bertz CT molecular complexity index is 2340. The van der Waals surface area contributed by atoms with Crippen molar-refractivity contribution in [3.8, 4) is 22.3 Å². The zero-order valence-corrected chi connectivity index (χ0v) is 26.2. The fourth-order valence-corrected chi connectivity index (χ4v) is 6.22. The smallest absolute Gasteiger partial charge is 0.200 e. The molecule has 0 saturated heterocycles. The topological polar surface area (TPSA) is 57.4 Å². The van der Waals surface area contributed by atoms with Gasteiger partial charge in [-0.15, -0.1) is 0 Å². The van der Waals surface area contributed by atoms with Gasteiger partial charge in [-0.1, -0.05) is 0 Å². The van der Waals surface area contributed by atoms with E-state index in [1.807, 2.05) is 0 Å². The molecule has 2 aromatic carbocycles. The van der Waals surface area contributed by atoms with Crippen molar-refractivity contribution in [3.63, 3.8) is 0 Å². The molecule has 8 bridgehead atoms. The maximum atomic E-state index is 15.2. The average Bonchev–Trinajstić information content (AvgIpc) is 3.91. The molecule has 0 saturated carbocycles. The van der Waals surface area contributed by atoms with Gasteiger partial charge in [0.1, 0.15) is 0 Å². The predicted molar refractivity (Wildman–Crippen MR) is 165 cm³/mol. The summed E-state index contributed by atoms with van der Waals surface area (Å²) in [6.45, 7) is 0. The van der Waals surface area contributed by atoms with Gasteiger partial charge < -0.3 is 9.97 Å². The van der Waals surface area contributed by atoms with Crippen molar-refractivity contribution in [2.45, 2.75) is 0 Å². The number of hydrogen-bond acceptors (Lipinski definition) is 2. The van der Waals surface area contributed by atoms with Gasteiger partial charge in [-0.2, -0.15) is 0 Å². The number of hydrogen-bond donors (Lipinski definition) is 2. The number of aromatic amines is 2. The predicted octanol–water partition coefficient (Wildman–Crippen LogP) is 10.9. The Morgan fingerprint density at radius 3 is 1.02 bits per heavy atom. The molecule has 5 heterocycles. The van der Waals surface area contributed by atoms with Crippen molar-refractivity contribution in [1.82, 2.24) is 19.9 Å². The SMILES string of the molecule is Fc1c(F)c(F)c(-c2c3nc(c(Br)c4ccc([nH]4)c(-c4c(F)c(F)c(F)c(F)c4F)c4ccc([nH]4)c(Br)c4nc2C=C4)C=C3)c(F)c1F. The summed E-state index contributed by atoms with van der Waals surface area (Å²) < 4.78 is 147. The van der Waals surface area contributed by atoms with Crippen molar-refractivity contribution < 1.29 is 43.9 Å². The van der Waals surface area contributed by atoms with Crippen LogP contribution in [0.1, 0.15) is 22.8 Å². The van der Waals surface area contributed by atoms with E-state index in [2.05, 4.69) is 51.8 Å². The fraction of sp³-hybridized carbons (Fsp3) is 0. The highest BCUT2D eigenvalue weighted by molar-refractivity contribution is 9.11. The summed E-state index contributed by atoms with van der Waals surface area (Å²) in [5.41, 5.74) is -3.82. The molecule has 0 fully saturated rings. The number of fused-ring (bicyclic) bond motifs is 8. The number of H-pyrrole nitrogens is 2. The van der Waals surface area contributed by atoms with Gasteiger partial charge >= 0.3 is 0 Å². The molecule has 2 aliphatic heterocycles. The second kappa shape index (κ2) is 11.5. The summed E-state index contributed by atoms with van der Waals surface area (Å²) in [6.07, 6.45) is 5.15. The van der Waals surface area contributed by atoms with E-state index >= 15 is 17.6 Å². The van der Waals surface area contributed by atoms with Crippen LogP contribution in [-0.4, -0.2) is 19.9 Å². The summed E-state index contributed by atoms with van der Waals surface area (Å²) in [6, 6.07) is 5.34. The quantitative estimate of drug-likeness (QED) is 0.104. The van der Waals surface area contributed by atoms with Crippen LogP contribution in [0.3, 0.4) is 0 Å². The third kappa shape index (κ3) is 4.71. The summed E-state index contributed by atoms with van der Waals surface area (Å²) in [5, 5.41) is 0. The standard InChI is InChI=1S/C32H10Br2F10N4/c33-21-13-5-1-9(45-13)17(19-23(35)27(39)31(43)28(40)24(19)36)10-2-6-15(46-10)22(34)16-8-4-12(48-16)18(11-3-7-14(21)47-11)20-25(37)29(41)32(44)30(42)26(20)38/h1-8,45-46H. The van der Waals surface area contributed by atoms with Crippen LogP contribution in [0, 0.1) is 58.2 Å². The van der Waals surface area contributed by atoms with Crippen molar-refractivity contribution in [2.24, 2.45) is 0 Å². The van der Waals surface area contributed by atoms with Gasteiger partial charge in [-0.25, -0.2) is 53.9 Å². The zero-order valence-electron chi connectivity index (χ0n) is 23.0. The van der Waals surface area contributed by atoms with Gasteiger partial charge in [0, 0.05) is 22.2 Å². The Balaban J connectivity index is 1.66. The van der Waals surface area contributed by atoms with Crippen LogP contribution >= 0.6 is 31.9 Å². The lowest BCUT2D eigenvalue weighted by Gasteiger charge is -2.10. The lowest BCUT2D eigenvalue weighted by molar-refractivity contribution is 0.381. The van der Waals surface area contributed by atoms with E-state index in [0.717, 1.165) is 0 Å². The third-order valence-corrected chi connectivity index (χ3v) is 9.21.